The summed E-state index contributed by atoms with van der Waals surface area (Å²) in [7, 11) is 0. The Labute approximate surface area is 139 Å². The van der Waals surface area contributed by atoms with Gasteiger partial charge in [0.1, 0.15) is 0 Å². The largest absolute Gasteiger partial charge is 0.350 e. The fraction of sp³-hybridized carbons (Fsp3) is 0.400. The van der Waals surface area contributed by atoms with Gasteiger partial charge in [-0.15, -0.1) is 12.4 Å². The molecule has 2 aromatic rings. The maximum absolute atomic E-state index is 12.3. The van der Waals surface area contributed by atoms with E-state index >= 15 is 0 Å². The van der Waals surface area contributed by atoms with Crippen LogP contribution < -0.4 is 22.2 Å². The summed E-state index contributed by atoms with van der Waals surface area (Å²) < 4.78 is 1.17. The summed E-state index contributed by atoms with van der Waals surface area (Å²) in [6, 6.07) is 6.59. The third-order valence-electron chi connectivity index (χ3n) is 3.43. The van der Waals surface area contributed by atoms with Gasteiger partial charge in [0, 0.05) is 18.5 Å². The van der Waals surface area contributed by atoms with Crippen LogP contribution in [0.1, 0.15) is 20.3 Å². The first kappa shape index (κ1) is 18.9. The van der Waals surface area contributed by atoms with E-state index in [4.69, 9.17) is 5.73 Å². The Bertz CT molecular complexity index is 810. The predicted molar refractivity (Wildman–Crippen MR) is 92.0 cm³/mol. The number of nitrogens with zero attached hydrogens (tertiary/aromatic N) is 1. The molecule has 1 aromatic heterocycles. The summed E-state index contributed by atoms with van der Waals surface area (Å²) in [6.07, 6.45) is 0.0810. The van der Waals surface area contributed by atoms with Crippen LogP contribution in [0, 0.1) is 0 Å². The van der Waals surface area contributed by atoms with E-state index in [1.54, 1.807) is 24.3 Å². The number of benzene rings is 1. The van der Waals surface area contributed by atoms with Crippen molar-refractivity contribution < 1.29 is 4.79 Å². The molecular formula is C15H21ClN4O3. The minimum atomic E-state index is -0.501. The molecule has 0 aliphatic heterocycles. The van der Waals surface area contributed by atoms with E-state index < -0.39 is 5.54 Å². The van der Waals surface area contributed by atoms with E-state index in [1.807, 2.05) is 13.8 Å². The highest BCUT2D eigenvalue weighted by Gasteiger charge is 2.18. The van der Waals surface area contributed by atoms with Crippen LogP contribution in [0.2, 0.25) is 0 Å². The number of hydrogen-bond donors (Lipinski definition) is 3. The van der Waals surface area contributed by atoms with Crippen molar-refractivity contribution in [2.75, 3.05) is 6.54 Å². The monoisotopic (exact) mass is 340 g/mol. The number of aryl methyl sites for hydroxylation is 1. The minimum absolute atomic E-state index is 0. The number of aromatic amines is 1. The standard InChI is InChI=1S/C15H20N4O3.ClH/c1-15(2,9-16)17-12(20)7-8-19-14(22)11-6-4-3-5-10(11)13(21)18-19;/h3-6H,7-9,16H2,1-2H3,(H,17,20)(H,18,21);1H. The van der Waals surface area contributed by atoms with Crippen LogP contribution >= 0.6 is 12.4 Å². The highest BCUT2D eigenvalue weighted by atomic mass is 35.5. The third kappa shape index (κ3) is 4.43. The molecule has 2 rings (SSSR count). The van der Waals surface area contributed by atoms with Crippen molar-refractivity contribution in [1.29, 1.82) is 0 Å². The van der Waals surface area contributed by atoms with Gasteiger partial charge in [-0.25, -0.2) is 4.68 Å². The summed E-state index contributed by atoms with van der Waals surface area (Å²) in [5.74, 6) is -0.226. The Balaban J connectivity index is 0.00000264. The van der Waals surface area contributed by atoms with Crippen LogP contribution in [0.15, 0.2) is 33.9 Å². The molecule has 23 heavy (non-hydrogen) atoms. The van der Waals surface area contributed by atoms with Gasteiger partial charge in [0.15, 0.2) is 0 Å². The summed E-state index contributed by atoms with van der Waals surface area (Å²) in [5, 5.41) is 5.96. The van der Waals surface area contributed by atoms with Crippen LogP contribution in [-0.2, 0) is 11.3 Å². The Hall–Kier alpha value is -2.12. The number of H-pyrrole nitrogens is 1. The van der Waals surface area contributed by atoms with Gasteiger partial charge in [-0.05, 0) is 26.0 Å². The zero-order valence-electron chi connectivity index (χ0n) is 13.1. The van der Waals surface area contributed by atoms with E-state index in [1.165, 1.54) is 4.68 Å². The van der Waals surface area contributed by atoms with Crippen molar-refractivity contribution in [3.05, 3.63) is 45.0 Å². The lowest BCUT2D eigenvalue weighted by molar-refractivity contribution is -0.122. The molecule has 0 fully saturated rings. The van der Waals surface area contributed by atoms with Crippen molar-refractivity contribution >= 4 is 29.1 Å². The number of rotatable bonds is 5. The average Bonchev–Trinajstić information content (AvgIpc) is 2.49. The molecule has 0 bridgehead atoms. The van der Waals surface area contributed by atoms with E-state index in [0.29, 0.717) is 17.3 Å². The first-order valence-corrected chi connectivity index (χ1v) is 7.07. The van der Waals surface area contributed by atoms with Crippen molar-refractivity contribution in [3.8, 4) is 0 Å². The van der Waals surface area contributed by atoms with E-state index in [0.717, 1.165) is 0 Å². The quantitative estimate of drug-likeness (QED) is 0.729. The minimum Gasteiger partial charge on any atom is -0.350 e. The number of carbonyl (C=O) groups is 1. The van der Waals surface area contributed by atoms with Gasteiger partial charge in [-0.1, -0.05) is 12.1 Å². The predicted octanol–water partition coefficient (Wildman–Crippen LogP) is 0.355. The van der Waals surface area contributed by atoms with E-state index in [2.05, 4.69) is 10.4 Å². The summed E-state index contributed by atoms with van der Waals surface area (Å²) >= 11 is 0. The second kappa shape index (κ2) is 7.43. The molecule has 0 aliphatic carbocycles. The molecule has 0 atom stereocenters. The number of aromatic nitrogens is 2. The van der Waals surface area contributed by atoms with Crippen molar-refractivity contribution in [1.82, 2.24) is 15.1 Å². The third-order valence-corrected chi connectivity index (χ3v) is 3.43. The molecule has 0 unspecified atom stereocenters. The Morgan fingerprint density at radius 1 is 1.26 bits per heavy atom. The molecule has 8 heteroatoms. The second-order valence-electron chi connectivity index (χ2n) is 5.83. The van der Waals surface area contributed by atoms with Crippen LogP contribution in [0.3, 0.4) is 0 Å². The number of halogens is 1. The van der Waals surface area contributed by atoms with Gasteiger partial charge >= 0.3 is 0 Å². The Kier molecular flexibility index (Phi) is 6.12. The first-order chi connectivity index (χ1) is 10.3. The van der Waals surface area contributed by atoms with Crippen molar-refractivity contribution in [2.45, 2.75) is 32.4 Å². The molecular weight excluding hydrogens is 320 g/mol. The fourth-order valence-electron chi connectivity index (χ4n) is 2.11. The van der Waals surface area contributed by atoms with Crippen molar-refractivity contribution in [3.63, 3.8) is 0 Å². The maximum Gasteiger partial charge on any atom is 0.273 e. The number of hydrogen-bond acceptors (Lipinski definition) is 4. The molecule has 4 N–H and O–H groups in total. The number of fused-ring (bicyclic) bond motifs is 1. The van der Waals surface area contributed by atoms with Gasteiger partial charge in [0.05, 0.1) is 17.3 Å². The molecule has 126 valence electrons. The summed E-state index contributed by atoms with van der Waals surface area (Å²) in [5.41, 5.74) is 4.38. The SMILES string of the molecule is CC(C)(CN)NC(=O)CCn1[nH]c(=O)c2ccccc2c1=O.Cl. The smallest absolute Gasteiger partial charge is 0.273 e. The Morgan fingerprint density at radius 2 is 1.87 bits per heavy atom. The number of nitrogens with one attached hydrogen (secondary N) is 2. The average molecular weight is 341 g/mol. The zero-order valence-corrected chi connectivity index (χ0v) is 13.9. The summed E-state index contributed by atoms with van der Waals surface area (Å²) in [4.78, 5) is 36.1. The van der Waals surface area contributed by atoms with E-state index in [-0.39, 0.29) is 42.4 Å². The second-order valence-corrected chi connectivity index (χ2v) is 5.83. The lowest BCUT2D eigenvalue weighted by Crippen LogP contribution is -2.49. The molecule has 0 spiro atoms. The molecule has 0 saturated carbocycles. The molecule has 0 saturated heterocycles. The highest BCUT2D eigenvalue weighted by Crippen LogP contribution is 2.03. The fourth-order valence-corrected chi connectivity index (χ4v) is 2.11. The van der Waals surface area contributed by atoms with Gasteiger partial charge in [-0.2, -0.15) is 0 Å². The maximum atomic E-state index is 12.3. The molecule has 0 aliphatic rings. The number of carbonyl (C=O) groups excluding carboxylic acids is 1. The van der Waals surface area contributed by atoms with E-state index in [9.17, 15) is 14.4 Å². The van der Waals surface area contributed by atoms with Crippen molar-refractivity contribution in [2.24, 2.45) is 5.73 Å². The lowest BCUT2D eigenvalue weighted by atomic mass is 10.1. The van der Waals surface area contributed by atoms with Crippen LogP contribution in [0.25, 0.3) is 10.8 Å². The zero-order chi connectivity index (χ0) is 16.3. The van der Waals surface area contributed by atoms with Gasteiger partial charge in [0.25, 0.3) is 11.1 Å². The van der Waals surface area contributed by atoms with Gasteiger partial charge < -0.3 is 11.1 Å². The normalized spacial score (nSPS) is 11.1. The number of amides is 1. The van der Waals surface area contributed by atoms with Crippen LogP contribution in [-0.4, -0.2) is 27.8 Å². The van der Waals surface area contributed by atoms with Crippen LogP contribution in [0.4, 0.5) is 0 Å². The van der Waals surface area contributed by atoms with Gasteiger partial charge in [-0.3, -0.25) is 19.5 Å². The molecule has 1 amide bonds. The highest BCUT2D eigenvalue weighted by molar-refractivity contribution is 5.85. The molecule has 7 nitrogen and oxygen atoms in total. The first-order valence-electron chi connectivity index (χ1n) is 7.07. The summed E-state index contributed by atoms with van der Waals surface area (Å²) in [6.45, 7) is 4.04. The molecule has 1 heterocycles. The number of nitrogens with two attached hydrogens (primary N) is 1. The van der Waals surface area contributed by atoms with Crippen LogP contribution in [0.5, 0.6) is 0 Å². The Morgan fingerprint density at radius 3 is 2.48 bits per heavy atom. The van der Waals surface area contributed by atoms with Gasteiger partial charge in [0.2, 0.25) is 5.91 Å². The molecule has 1 aromatic carbocycles. The topological polar surface area (TPSA) is 110 Å². The molecule has 0 radical (unpaired) electrons. The lowest BCUT2D eigenvalue weighted by Gasteiger charge is -2.24.